The zero-order valence-electron chi connectivity index (χ0n) is 10.4. The summed E-state index contributed by atoms with van der Waals surface area (Å²) in [4.78, 5) is 13.1. The van der Waals surface area contributed by atoms with Crippen LogP contribution in [0, 0.1) is 0 Å². The average molecular weight is 245 g/mol. The van der Waals surface area contributed by atoms with Crippen molar-refractivity contribution in [1.82, 2.24) is 4.90 Å². The first-order chi connectivity index (χ1) is 8.60. The fraction of sp³-hybridized carbons (Fsp3) is 0.214. The summed E-state index contributed by atoms with van der Waals surface area (Å²) in [5.74, 6) is 0.662. The van der Waals surface area contributed by atoms with Crippen molar-refractivity contribution in [3.05, 3.63) is 36.4 Å². The number of phenolic OH excluding ortho intramolecular Hbond substituents is 1. The smallest absolute Gasteiger partial charge is 0.414 e. The quantitative estimate of drug-likeness (QED) is 0.884. The standard InChI is InChI=1S/C14H15NO3/c1-3-15(2)14(17)18-13-7-5-10-4-6-12(16)8-11(10)9-13/h4-9,16H,3H2,1-2H3. The Bertz CT molecular complexity index is 580. The van der Waals surface area contributed by atoms with Crippen molar-refractivity contribution in [1.29, 1.82) is 0 Å². The number of nitrogens with zero attached hydrogens (tertiary/aromatic N) is 1. The van der Waals surface area contributed by atoms with Crippen molar-refractivity contribution in [3.8, 4) is 11.5 Å². The second kappa shape index (κ2) is 4.96. The molecule has 18 heavy (non-hydrogen) atoms. The fourth-order valence-corrected chi connectivity index (χ4v) is 1.58. The molecule has 0 radical (unpaired) electrons. The molecule has 0 unspecified atom stereocenters. The molecule has 94 valence electrons. The Labute approximate surface area is 105 Å². The van der Waals surface area contributed by atoms with E-state index < -0.39 is 6.09 Å². The highest BCUT2D eigenvalue weighted by Crippen LogP contribution is 2.24. The van der Waals surface area contributed by atoms with Crippen molar-refractivity contribution >= 4 is 16.9 Å². The Morgan fingerprint density at radius 3 is 2.67 bits per heavy atom. The summed E-state index contributed by atoms with van der Waals surface area (Å²) in [7, 11) is 1.68. The largest absolute Gasteiger partial charge is 0.508 e. The van der Waals surface area contributed by atoms with Gasteiger partial charge in [-0.05, 0) is 42.0 Å². The molecule has 0 aliphatic heterocycles. The van der Waals surface area contributed by atoms with Crippen LogP contribution in [-0.2, 0) is 0 Å². The predicted molar refractivity (Wildman–Crippen MR) is 69.9 cm³/mol. The molecule has 2 rings (SSSR count). The van der Waals surface area contributed by atoms with E-state index in [9.17, 15) is 9.90 Å². The van der Waals surface area contributed by atoms with Gasteiger partial charge in [0.1, 0.15) is 11.5 Å². The van der Waals surface area contributed by atoms with E-state index in [1.54, 1.807) is 31.3 Å². The molecule has 4 heteroatoms. The van der Waals surface area contributed by atoms with Crippen LogP contribution in [0.4, 0.5) is 4.79 Å². The van der Waals surface area contributed by atoms with Crippen LogP contribution < -0.4 is 4.74 Å². The van der Waals surface area contributed by atoms with Crippen molar-refractivity contribution in [2.75, 3.05) is 13.6 Å². The maximum atomic E-state index is 11.6. The SMILES string of the molecule is CCN(C)C(=O)Oc1ccc2ccc(O)cc2c1. The first-order valence-electron chi connectivity index (χ1n) is 5.76. The molecule has 0 saturated carbocycles. The van der Waals surface area contributed by atoms with Gasteiger partial charge < -0.3 is 14.7 Å². The van der Waals surface area contributed by atoms with Crippen molar-refractivity contribution < 1.29 is 14.6 Å². The number of phenols is 1. The summed E-state index contributed by atoms with van der Waals surface area (Å²) in [6.45, 7) is 2.47. The van der Waals surface area contributed by atoms with Gasteiger partial charge in [0, 0.05) is 13.6 Å². The Hall–Kier alpha value is -2.23. The Balaban J connectivity index is 2.27. The van der Waals surface area contributed by atoms with E-state index in [4.69, 9.17) is 4.74 Å². The third-order valence-corrected chi connectivity index (χ3v) is 2.79. The van der Waals surface area contributed by atoms with Gasteiger partial charge in [0.2, 0.25) is 0 Å². The summed E-state index contributed by atoms with van der Waals surface area (Å²) in [5.41, 5.74) is 0. The third-order valence-electron chi connectivity index (χ3n) is 2.79. The van der Waals surface area contributed by atoms with Gasteiger partial charge in [-0.2, -0.15) is 0 Å². The van der Waals surface area contributed by atoms with Crippen LogP contribution in [0.15, 0.2) is 36.4 Å². The number of hydrogen-bond donors (Lipinski definition) is 1. The summed E-state index contributed by atoms with van der Waals surface area (Å²) < 4.78 is 5.22. The Kier molecular flexibility index (Phi) is 3.37. The molecule has 0 aliphatic rings. The number of hydrogen-bond acceptors (Lipinski definition) is 3. The highest BCUT2D eigenvalue weighted by atomic mass is 16.6. The molecule has 0 atom stereocenters. The third kappa shape index (κ3) is 2.53. The van der Waals surface area contributed by atoms with Gasteiger partial charge in [0.05, 0.1) is 0 Å². The Morgan fingerprint density at radius 2 is 1.94 bits per heavy atom. The van der Waals surface area contributed by atoms with E-state index >= 15 is 0 Å². The number of aromatic hydroxyl groups is 1. The Morgan fingerprint density at radius 1 is 1.22 bits per heavy atom. The minimum Gasteiger partial charge on any atom is -0.508 e. The summed E-state index contributed by atoms with van der Waals surface area (Å²) in [6.07, 6.45) is -0.392. The monoisotopic (exact) mass is 245 g/mol. The molecule has 0 fully saturated rings. The first kappa shape index (κ1) is 12.2. The maximum absolute atomic E-state index is 11.6. The number of rotatable bonds is 2. The molecule has 4 nitrogen and oxygen atoms in total. The lowest BCUT2D eigenvalue weighted by Gasteiger charge is -2.14. The molecule has 1 N–H and O–H groups in total. The zero-order chi connectivity index (χ0) is 13.1. The number of amides is 1. The number of ether oxygens (including phenoxy) is 1. The van der Waals surface area contributed by atoms with E-state index in [0.29, 0.717) is 12.3 Å². The molecule has 0 spiro atoms. The lowest BCUT2D eigenvalue weighted by atomic mass is 10.1. The molecular weight excluding hydrogens is 230 g/mol. The molecule has 0 saturated heterocycles. The highest BCUT2D eigenvalue weighted by molar-refractivity contribution is 5.85. The maximum Gasteiger partial charge on any atom is 0.414 e. The molecule has 0 bridgehead atoms. The normalized spacial score (nSPS) is 10.3. The molecule has 0 aliphatic carbocycles. The van der Waals surface area contributed by atoms with E-state index in [-0.39, 0.29) is 5.75 Å². The second-order valence-electron chi connectivity index (χ2n) is 4.08. The number of carbonyl (C=O) groups is 1. The molecular formula is C14H15NO3. The second-order valence-corrected chi connectivity index (χ2v) is 4.08. The van der Waals surface area contributed by atoms with E-state index in [1.807, 2.05) is 19.1 Å². The molecule has 2 aromatic carbocycles. The van der Waals surface area contributed by atoms with Gasteiger partial charge in [-0.3, -0.25) is 0 Å². The van der Waals surface area contributed by atoms with Crippen LogP contribution in [0.3, 0.4) is 0 Å². The lowest BCUT2D eigenvalue weighted by molar-refractivity contribution is 0.165. The molecule has 0 heterocycles. The average Bonchev–Trinajstić information content (AvgIpc) is 2.37. The topological polar surface area (TPSA) is 49.8 Å². The summed E-state index contributed by atoms with van der Waals surface area (Å²) in [5, 5.41) is 11.2. The van der Waals surface area contributed by atoms with E-state index in [0.717, 1.165) is 10.8 Å². The van der Waals surface area contributed by atoms with Crippen molar-refractivity contribution in [3.63, 3.8) is 0 Å². The molecule has 2 aromatic rings. The van der Waals surface area contributed by atoms with Crippen LogP contribution in [0.25, 0.3) is 10.8 Å². The summed E-state index contributed by atoms with van der Waals surface area (Å²) >= 11 is 0. The number of fused-ring (bicyclic) bond motifs is 1. The van der Waals surface area contributed by atoms with E-state index in [1.165, 1.54) is 4.90 Å². The highest BCUT2D eigenvalue weighted by Gasteiger charge is 2.09. The lowest BCUT2D eigenvalue weighted by Crippen LogP contribution is -2.29. The molecule has 0 aromatic heterocycles. The summed E-state index contributed by atoms with van der Waals surface area (Å²) in [6, 6.07) is 10.4. The van der Waals surface area contributed by atoms with Crippen LogP contribution in [0.5, 0.6) is 11.5 Å². The van der Waals surface area contributed by atoms with Gasteiger partial charge in [0.15, 0.2) is 0 Å². The van der Waals surface area contributed by atoms with Crippen LogP contribution in [0.2, 0.25) is 0 Å². The fourth-order valence-electron chi connectivity index (χ4n) is 1.58. The first-order valence-corrected chi connectivity index (χ1v) is 5.76. The molecule has 1 amide bonds. The van der Waals surface area contributed by atoms with Crippen molar-refractivity contribution in [2.45, 2.75) is 6.92 Å². The van der Waals surface area contributed by atoms with Gasteiger partial charge in [-0.1, -0.05) is 12.1 Å². The van der Waals surface area contributed by atoms with Crippen molar-refractivity contribution in [2.24, 2.45) is 0 Å². The van der Waals surface area contributed by atoms with Gasteiger partial charge in [-0.15, -0.1) is 0 Å². The van der Waals surface area contributed by atoms with Gasteiger partial charge in [-0.25, -0.2) is 4.79 Å². The zero-order valence-corrected chi connectivity index (χ0v) is 10.4. The van der Waals surface area contributed by atoms with Gasteiger partial charge >= 0.3 is 6.09 Å². The van der Waals surface area contributed by atoms with Crippen LogP contribution in [-0.4, -0.2) is 29.7 Å². The van der Waals surface area contributed by atoms with Crippen LogP contribution in [0.1, 0.15) is 6.92 Å². The van der Waals surface area contributed by atoms with Gasteiger partial charge in [0.25, 0.3) is 0 Å². The minimum atomic E-state index is -0.392. The number of benzene rings is 2. The van der Waals surface area contributed by atoms with E-state index in [2.05, 4.69) is 0 Å². The minimum absolute atomic E-state index is 0.191. The number of carbonyl (C=O) groups excluding carboxylic acids is 1. The van der Waals surface area contributed by atoms with Crippen LogP contribution >= 0.6 is 0 Å². The predicted octanol–water partition coefficient (Wildman–Crippen LogP) is 3.00.